The van der Waals surface area contributed by atoms with Crippen molar-refractivity contribution < 1.29 is 42.4 Å². The minimum Gasteiger partial charge on any atom is -0.455 e. The zero-order valence-corrected chi connectivity index (χ0v) is 65.6. The number of fused-ring (bicyclic) bond motifs is 1. The van der Waals surface area contributed by atoms with Crippen molar-refractivity contribution in [2.24, 2.45) is 16.7 Å². The molecule has 0 saturated carbocycles. The first-order valence-electron chi connectivity index (χ1n) is 38.6. The number of aryl methyl sites for hydroxylation is 1. The molecule has 6 N–H and O–H groups in total. The highest BCUT2D eigenvalue weighted by Crippen LogP contribution is 2.44. The van der Waals surface area contributed by atoms with Gasteiger partial charge in [0, 0.05) is 106 Å². The summed E-state index contributed by atoms with van der Waals surface area (Å²) in [6, 6.07) is 27.3. The Kier molecular flexibility index (Phi) is 26.1. The molecule has 108 heavy (non-hydrogen) atoms. The molecule has 4 fully saturated rings. The Morgan fingerprint density at radius 1 is 0.833 bits per heavy atom. The van der Waals surface area contributed by atoms with Crippen molar-refractivity contribution in [2.75, 3.05) is 88.8 Å². The largest absolute Gasteiger partial charge is 0.455 e. The molecule has 7 heterocycles. The average molecular weight is 1530 g/mol. The number of sulfonamides is 1. The van der Waals surface area contributed by atoms with Crippen LogP contribution in [-0.4, -0.2) is 179 Å². The van der Waals surface area contributed by atoms with E-state index in [1.165, 1.54) is 39.9 Å². The number of piperazine rings is 1. The number of benzene rings is 4. The SMILES string of the molecule is Cc1ncsc1-c1ccc(CNC(=O)[C@@H]2C[C@@H](O)CN2C(=O)[C@@H](NC(=O)CCCCCCCCCN2CCC(N3CCC(CNc4ccc(S(=O)(=O)NC(=O)c5ccc(N6CCN(CC7=C(c8ccc(Cl)cc8)CC(C)(C)CC7)CC6)cc5Oc5cnc6[nH]ccc6c5)cc4[N+](=O)[O-])CC3)CC2)C(C)(C)C)cc1. The Hall–Kier alpha value is -8.30. The zero-order valence-electron chi connectivity index (χ0n) is 63.3. The minimum absolute atomic E-state index is 0.0241. The second-order valence-corrected chi connectivity index (χ2v) is 35.0. The number of aromatic nitrogens is 3. The van der Waals surface area contributed by atoms with E-state index in [1.54, 1.807) is 41.8 Å². The monoisotopic (exact) mass is 1530 g/mol. The number of rotatable bonds is 30. The number of piperidine rings is 2. The fraction of sp³-hybridized carbons (Fsp3) is 0.512. The summed E-state index contributed by atoms with van der Waals surface area (Å²) < 4.78 is 36.8. The first-order valence-corrected chi connectivity index (χ1v) is 41.3. The molecule has 5 aliphatic rings. The van der Waals surface area contributed by atoms with Gasteiger partial charge in [-0.1, -0.05) is 120 Å². The highest BCUT2D eigenvalue weighted by atomic mass is 35.5. The van der Waals surface area contributed by atoms with Crippen molar-refractivity contribution in [1.29, 1.82) is 0 Å². The lowest BCUT2D eigenvalue weighted by Crippen LogP contribution is -2.57. The number of aliphatic hydroxyl groups is 1. The van der Waals surface area contributed by atoms with Crippen LogP contribution in [0.5, 0.6) is 11.5 Å². The van der Waals surface area contributed by atoms with Crippen LogP contribution in [0.3, 0.4) is 0 Å². The van der Waals surface area contributed by atoms with E-state index < -0.39 is 55.0 Å². The molecule has 0 spiro atoms. The summed E-state index contributed by atoms with van der Waals surface area (Å²) >= 11 is 7.87. The number of carbonyl (C=O) groups excluding carboxylic acids is 4. The van der Waals surface area contributed by atoms with Gasteiger partial charge < -0.3 is 50.4 Å². The van der Waals surface area contributed by atoms with E-state index >= 15 is 0 Å². The molecule has 23 nitrogen and oxygen atoms in total. The molecule has 0 unspecified atom stereocenters. The molecule has 7 aromatic rings. The molecule has 578 valence electrons. The third-order valence-corrected chi connectivity index (χ3v) is 25.0. The number of amides is 4. The van der Waals surface area contributed by atoms with E-state index in [9.17, 15) is 42.8 Å². The van der Waals surface area contributed by atoms with Crippen LogP contribution in [-0.2, 0) is 31.0 Å². The molecule has 3 atom stereocenters. The lowest BCUT2D eigenvalue weighted by atomic mass is 9.72. The number of H-pyrrole nitrogens is 1. The highest BCUT2D eigenvalue weighted by Gasteiger charge is 2.45. The van der Waals surface area contributed by atoms with Crippen molar-refractivity contribution in [3.63, 3.8) is 0 Å². The third kappa shape index (κ3) is 20.6. The van der Waals surface area contributed by atoms with E-state index in [0.29, 0.717) is 43.5 Å². The van der Waals surface area contributed by atoms with Gasteiger partial charge in [0.25, 0.3) is 21.6 Å². The summed E-state index contributed by atoms with van der Waals surface area (Å²) in [7, 11) is -4.63. The molecule has 0 radical (unpaired) electrons. The maximum absolute atomic E-state index is 14.3. The Balaban J connectivity index is 0.543. The molecule has 12 rings (SSSR count). The summed E-state index contributed by atoms with van der Waals surface area (Å²) in [5, 5.41) is 34.0. The second-order valence-electron chi connectivity index (χ2n) is 32.0. The van der Waals surface area contributed by atoms with Crippen molar-refractivity contribution in [1.82, 2.24) is 49.9 Å². The van der Waals surface area contributed by atoms with Gasteiger partial charge in [0.15, 0.2) is 0 Å². The van der Waals surface area contributed by atoms with Crippen molar-refractivity contribution in [2.45, 2.75) is 180 Å². The summed E-state index contributed by atoms with van der Waals surface area (Å²) in [5.74, 6) is -1.12. The molecule has 4 saturated heterocycles. The summed E-state index contributed by atoms with van der Waals surface area (Å²) in [5.41, 5.74) is 9.62. The van der Waals surface area contributed by atoms with Gasteiger partial charge >= 0.3 is 0 Å². The van der Waals surface area contributed by atoms with Gasteiger partial charge in [0.2, 0.25) is 17.7 Å². The van der Waals surface area contributed by atoms with Crippen LogP contribution in [0.2, 0.25) is 5.02 Å². The average Bonchev–Trinajstić information content (AvgIpc) is 1.25. The number of carbonyl (C=O) groups is 4. The predicted molar refractivity (Wildman–Crippen MR) is 426 cm³/mol. The molecule has 26 heteroatoms. The van der Waals surface area contributed by atoms with Crippen molar-refractivity contribution in [3.05, 3.63) is 158 Å². The van der Waals surface area contributed by atoms with Gasteiger partial charge in [-0.3, -0.25) is 34.2 Å². The number of hydrogen-bond acceptors (Lipinski definition) is 18. The first kappa shape index (κ1) is 79.3. The summed E-state index contributed by atoms with van der Waals surface area (Å²) in [4.78, 5) is 91.2. The Morgan fingerprint density at radius 3 is 2.25 bits per heavy atom. The van der Waals surface area contributed by atoms with Gasteiger partial charge in [-0.15, -0.1) is 11.3 Å². The van der Waals surface area contributed by atoms with Crippen LogP contribution in [0.25, 0.3) is 27.0 Å². The number of likely N-dealkylation sites (tertiary alicyclic amines) is 3. The van der Waals surface area contributed by atoms with Gasteiger partial charge in [-0.25, -0.2) is 23.1 Å². The van der Waals surface area contributed by atoms with Crippen LogP contribution in [0.4, 0.5) is 17.1 Å². The van der Waals surface area contributed by atoms with Gasteiger partial charge in [-0.05, 0) is 185 Å². The van der Waals surface area contributed by atoms with Crippen molar-refractivity contribution in [3.8, 4) is 21.9 Å². The normalized spacial score (nSPS) is 19.0. The van der Waals surface area contributed by atoms with E-state index in [4.69, 9.17) is 16.3 Å². The molecular formula is C82H106ClN13O10S2. The van der Waals surface area contributed by atoms with Crippen LogP contribution in [0.1, 0.15) is 165 Å². The number of halogens is 1. The van der Waals surface area contributed by atoms with Crippen LogP contribution < -0.4 is 30.3 Å². The number of pyridine rings is 1. The van der Waals surface area contributed by atoms with Gasteiger partial charge in [0.05, 0.1) is 43.8 Å². The molecule has 4 aliphatic heterocycles. The summed E-state index contributed by atoms with van der Waals surface area (Å²) in [6.45, 7) is 22.1. The third-order valence-electron chi connectivity index (χ3n) is 22.4. The molecule has 4 aromatic carbocycles. The molecule has 4 amide bonds. The Morgan fingerprint density at radius 2 is 1.55 bits per heavy atom. The Labute approximate surface area is 644 Å². The number of nitro groups is 1. The summed E-state index contributed by atoms with van der Waals surface area (Å²) in [6.07, 6.45) is 17.3. The Bertz CT molecular complexity index is 4440. The van der Waals surface area contributed by atoms with E-state index in [0.717, 1.165) is 186 Å². The maximum Gasteiger partial charge on any atom is 0.293 e. The van der Waals surface area contributed by atoms with E-state index in [1.807, 2.05) is 75.7 Å². The second kappa shape index (κ2) is 35.6. The number of nitro benzene ring substituents is 1. The number of aromatic amines is 1. The number of ether oxygens (including phenoxy) is 1. The number of nitrogens with zero attached hydrogens (tertiary/aromatic N) is 8. The van der Waals surface area contributed by atoms with Gasteiger partial charge in [0.1, 0.15) is 34.9 Å². The minimum atomic E-state index is -4.63. The van der Waals surface area contributed by atoms with Crippen LogP contribution >= 0.6 is 22.9 Å². The number of nitrogens with one attached hydrogen (secondary N) is 5. The lowest BCUT2D eigenvalue weighted by molar-refractivity contribution is -0.384. The maximum atomic E-state index is 14.3. The zero-order chi connectivity index (χ0) is 76.3. The standard InChI is InChI=1S/C82H106ClN13O10S2/c1-55-75(107-54-88-55)59-17-15-56(16-18-59)50-87-79(100)72-46-65(97)53-95(72)80(101)76(81(2,3)4)89-74(98)14-12-10-8-7-9-11-13-35-91-36-31-63(32-37-91)93-38-29-57(30-39-93)49-85-70-26-24-67(47-71(70)96(102)103)108(104,105)90-78(99)68-25-23-64(45-73(68)106-66-44-60-28-34-84-77(60)86-51-66)94-42-40-92(41-43-94)52-61-27-33-82(5,6)48-69(61)58-19-21-62(83)22-20-58/h15-26,28,34,44-45,47,51,54,57,63,65,72,76,85,97H,7-14,27,29-33,35-43,46,48-50,52-53H2,1-6H3,(H,84,86)(H,87,100)(H,89,98)(H,90,99)/t65-,72+,76-/m1/s1. The lowest BCUT2D eigenvalue weighted by Gasteiger charge is -2.42. The fourth-order valence-corrected chi connectivity index (χ4v) is 17.9. The number of β-amino-alcohol motifs (C(OH)–C–C–N with tert-alkyl or cyclic N) is 1. The smallest absolute Gasteiger partial charge is 0.293 e. The number of anilines is 2. The highest BCUT2D eigenvalue weighted by molar-refractivity contribution is 7.90. The molecule has 3 aromatic heterocycles. The number of thiazole rings is 1. The predicted octanol–water partition coefficient (Wildman–Crippen LogP) is 13.8. The van der Waals surface area contributed by atoms with E-state index in [-0.39, 0.29) is 65.6 Å². The van der Waals surface area contributed by atoms with Crippen LogP contribution in [0.15, 0.2) is 125 Å². The molecule has 1 aliphatic carbocycles. The van der Waals surface area contributed by atoms with Gasteiger partial charge in [-0.2, -0.15) is 0 Å². The first-order chi connectivity index (χ1) is 51.8. The van der Waals surface area contributed by atoms with E-state index in [2.05, 4.69) is 81.2 Å². The number of hydrogen-bond donors (Lipinski definition) is 6. The van der Waals surface area contributed by atoms with Crippen LogP contribution in [0, 0.1) is 33.8 Å². The topological polar surface area (TPSA) is 281 Å². The number of aliphatic hydroxyl groups excluding tert-OH is 1. The molecular weight excluding hydrogens is 1430 g/mol. The number of unbranched alkanes of at least 4 members (excludes halogenated alkanes) is 6. The quantitative estimate of drug-likeness (QED) is 0.0139. The molecule has 0 bridgehead atoms. The number of allylic oxidation sites excluding steroid dienone is 1. The fourth-order valence-electron chi connectivity index (χ4n) is 16.0. The van der Waals surface area contributed by atoms with Crippen molar-refractivity contribution >= 4 is 90.3 Å².